The maximum Gasteiger partial charge on any atom is 0.103 e. The van der Waals surface area contributed by atoms with Crippen LogP contribution in [-0.2, 0) is 0 Å². The van der Waals surface area contributed by atoms with E-state index < -0.39 is 0 Å². The Morgan fingerprint density at radius 2 is 1.88 bits per heavy atom. The lowest BCUT2D eigenvalue weighted by Gasteiger charge is -2.06. The number of thiophene rings is 1. The Morgan fingerprint density at radius 3 is 2.82 bits per heavy atom. The van der Waals surface area contributed by atoms with E-state index in [1.54, 1.807) is 11.3 Å². The molecule has 17 heavy (non-hydrogen) atoms. The number of aromatic amines is 1. The second-order valence-electron chi connectivity index (χ2n) is 4.19. The average Bonchev–Trinajstić information content (AvgIpc) is 2.92. The zero-order chi connectivity index (χ0) is 11.4. The van der Waals surface area contributed by atoms with Crippen molar-refractivity contribution in [3.8, 4) is 11.3 Å². The Balaban J connectivity index is 2.35. The summed E-state index contributed by atoms with van der Waals surface area (Å²) in [4.78, 5) is 4.61. The van der Waals surface area contributed by atoms with Crippen LogP contribution in [0, 0.1) is 0 Å². The Hall–Kier alpha value is -2.00. The summed E-state index contributed by atoms with van der Waals surface area (Å²) in [7, 11) is 0. The molecule has 0 atom stereocenters. The summed E-state index contributed by atoms with van der Waals surface area (Å²) in [6.07, 6.45) is 0. The average molecular weight is 238 g/mol. The van der Waals surface area contributed by atoms with Gasteiger partial charge in [0.15, 0.2) is 0 Å². The second kappa shape index (κ2) is 3.02. The minimum atomic E-state index is 0.885. The topological polar surface area (TPSA) is 41.8 Å². The van der Waals surface area contributed by atoms with Crippen LogP contribution >= 0.6 is 11.3 Å². The Morgan fingerprint density at radius 1 is 1.00 bits per heavy atom. The quantitative estimate of drug-likeness (QED) is 0.476. The molecule has 3 heteroatoms. The van der Waals surface area contributed by atoms with E-state index >= 15 is 0 Å². The first kappa shape index (κ1) is 9.07. The summed E-state index contributed by atoms with van der Waals surface area (Å²) >= 11 is 1.76. The molecule has 1 aliphatic heterocycles. The predicted octanol–water partition coefficient (Wildman–Crippen LogP) is 4.07. The molecule has 3 N–H and O–H groups in total. The summed E-state index contributed by atoms with van der Waals surface area (Å²) in [5.74, 6) is 0. The molecule has 0 bridgehead atoms. The molecule has 0 amide bonds. The van der Waals surface area contributed by atoms with E-state index in [0.29, 0.717) is 0 Å². The third-order valence-electron chi connectivity index (χ3n) is 3.22. The normalized spacial score (nSPS) is 11.8. The van der Waals surface area contributed by atoms with Crippen LogP contribution in [0.25, 0.3) is 31.6 Å². The van der Waals surface area contributed by atoms with Crippen LogP contribution in [0.3, 0.4) is 0 Å². The van der Waals surface area contributed by atoms with E-state index in [1.165, 1.54) is 10.1 Å². The van der Waals surface area contributed by atoms with Crippen LogP contribution in [0.1, 0.15) is 0 Å². The molecule has 1 aliphatic carbocycles. The Labute approximate surface area is 102 Å². The summed E-state index contributed by atoms with van der Waals surface area (Å²) in [5.41, 5.74) is 9.41. The van der Waals surface area contributed by atoms with E-state index in [0.717, 1.165) is 27.2 Å². The number of aromatic nitrogens is 1. The number of nitrogens with one attached hydrogen (secondary N) is 1. The van der Waals surface area contributed by atoms with Crippen molar-refractivity contribution in [2.24, 2.45) is 0 Å². The molecule has 2 heterocycles. The highest BCUT2D eigenvalue weighted by atomic mass is 32.1. The van der Waals surface area contributed by atoms with Gasteiger partial charge in [-0.15, -0.1) is 11.3 Å². The van der Waals surface area contributed by atoms with Crippen molar-refractivity contribution < 1.29 is 0 Å². The van der Waals surface area contributed by atoms with Crippen molar-refractivity contribution in [1.82, 2.24) is 4.98 Å². The molecule has 0 saturated heterocycles. The molecule has 4 rings (SSSR count). The molecule has 0 saturated carbocycles. The number of fused-ring (bicyclic) bond motifs is 4. The minimum absolute atomic E-state index is 0.885. The van der Waals surface area contributed by atoms with Gasteiger partial charge in [-0.05, 0) is 12.1 Å². The number of hydrogen-bond acceptors (Lipinski definition) is 2. The van der Waals surface area contributed by atoms with E-state index in [9.17, 15) is 0 Å². The lowest BCUT2D eigenvalue weighted by molar-refractivity contribution is 1.46. The van der Waals surface area contributed by atoms with Crippen LogP contribution in [0.2, 0.25) is 0 Å². The first-order valence-corrected chi connectivity index (χ1v) is 6.33. The van der Waals surface area contributed by atoms with Crippen LogP contribution in [-0.4, -0.2) is 4.98 Å². The molecule has 0 unspecified atom stereocenters. The molecule has 2 aliphatic rings. The highest BCUT2D eigenvalue weighted by Crippen LogP contribution is 2.41. The minimum Gasteiger partial charge on any atom is -0.398 e. The van der Waals surface area contributed by atoms with Gasteiger partial charge in [0.25, 0.3) is 0 Å². The number of nitrogen functional groups attached to an aromatic ring is 1. The van der Waals surface area contributed by atoms with Crippen LogP contribution in [0.15, 0.2) is 42.5 Å². The van der Waals surface area contributed by atoms with Gasteiger partial charge in [-0.3, -0.25) is 0 Å². The summed E-state index contributed by atoms with van der Waals surface area (Å²) < 4.78 is 1.28. The highest BCUT2D eigenvalue weighted by molar-refractivity contribution is 7.25. The van der Waals surface area contributed by atoms with Crippen molar-refractivity contribution in [2.75, 3.05) is 5.73 Å². The second-order valence-corrected chi connectivity index (χ2v) is 5.25. The van der Waals surface area contributed by atoms with Crippen LogP contribution in [0.4, 0.5) is 5.69 Å². The van der Waals surface area contributed by atoms with Crippen molar-refractivity contribution in [3.63, 3.8) is 0 Å². The largest absolute Gasteiger partial charge is 0.398 e. The third kappa shape index (κ3) is 1.09. The number of anilines is 1. The number of benzene rings is 1. The molecule has 2 nitrogen and oxygen atoms in total. The maximum atomic E-state index is 6.30. The SMILES string of the molecule is Nc1c2cccc-2[nH]c2sc3ccccc3c12. The fourth-order valence-electron chi connectivity index (χ4n) is 2.42. The van der Waals surface area contributed by atoms with E-state index in [2.05, 4.69) is 41.4 Å². The maximum absolute atomic E-state index is 6.30. The number of hydrogen-bond donors (Lipinski definition) is 2. The predicted molar refractivity (Wildman–Crippen MR) is 74.7 cm³/mol. The third-order valence-corrected chi connectivity index (χ3v) is 4.31. The summed E-state index contributed by atoms with van der Waals surface area (Å²) in [6, 6.07) is 14.5. The first-order valence-electron chi connectivity index (χ1n) is 5.52. The molecular weight excluding hydrogens is 228 g/mol. The van der Waals surface area contributed by atoms with Gasteiger partial charge in [0, 0.05) is 26.7 Å². The smallest absolute Gasteiger partial charge is 0.103 e. The molecule has 1 aromatic carbocycles. The molecule has 0 fully saturated rings. The zero-order valence-corrected chi connectivity index (χ0v) is 9.84. The van der Waals surface area contributed by atoms with Gasteiger partial charge in [0.2, 0.25) is 0 Å². The molecular formula is C14H10N2S. The lowest BCUT2D eigenvalue weighted by Crippen LogP contribution is -1.92. The highest BCUT2D eigenvalue weighted by Gasteiger charge is 2.14. The number of H-pyrrole nitrogens is 1. The molecule has 0 radical (unpaired) electrons. The number of pyridine rings is 1. The fraction of sp³-hybridized carbons (Fsp3) is 0. The standard InChI is InChI=1S/C14H10N2S/c15-13-8-5-3-6-10(8)16-14-12(13)9-4-1-2-7-11(9)17-14/h1-7,16H,15H2. The molecule has 2 aromatic rings. The van der Waals surface area contributed by atoms with Gasteiger partial charge in [0.05, 0.1) is 5.69 Å². The number of rotatable bonds is 0. The van der Waals surface area contributed by atoms with Crippen molar-refractivity contribution in [2.45, 2.75) is 0 Å². The monoisotopic (exact) mass is 238 g/mol. The Kier molecular flexibility index (Phi) is 1.61. The van der Waals surface area contributed by atoms with E-state index in [4.69, 9.17) is 5.73 Å². The molecule has 0 spiro atoms. The molecule has 82 valence electrons. The van der Waals surface area contributed by atoms with Gasteiger partial charge in [-0.25, -0.2) is 0 Å². The molecule has 1 aromatic heterocycles. The van der Waals surface area contributed by atoms with Gasteiger partial charge in [-0.2, -0.15) is 0 Å². The van der Waals surface area contributed by atoms with Crippen LogP contribution < -0.4 is 5.73 Å². The van der Waals surface area contributed by atoms with Gasteiger partial charge in [-0.1, -0.05) is 30.3 Å². The number of nitrogens with two attached hydrogens (primary N) is 1. The zero-order valence-electron chi connectivity index (χ0n) is 9.03. The fourth-order valence-corrected chi connectivity index (χ4v) is 3.55. The Bertz CT molecular complexity index is 810. The van der Waals surface area contributed by atoms with Gasteiger partial charge < -0.3 is 10.7 Å². The van der Waals surface area contributed by atoms with Crippen molar-refractivity contribution in [1.29, 1.82) is 0 Å². The van der Waals surface area contributed by atoms with Gasteiger partial charge in [0.1, 0.15) is 4.83 Å². The van der Waals surface area contributed by atoms with Crippen molar-refractivity contribution >= 4 is 37.3 Å². The van der Waals surface area contributed by atoms with E-state index in [-0.39, 0.29) is 0 Å². The lowest BCUT2D eigenvalue weighted by atomic mass is 10.1. The summed E-state index contributed by atoms with van der Waals surface area (Å²) in [5, 5.41) is 2.40. The van der Waals surface area contributed by atoms with E-state index in [1.807, 2.05) is 6.07 Å². The van der Waals surface area contributed by atoms with Gasteiger partial charge >= 0.3 is 0 Å². The van der Waals surface area contributed by atoms with Crippen molar-refractivity contribution in [3.05, 3.63) is 42.5 Å². The summed E-state index contributed by atoms with van der Waals surface area (Å²) in [6.45, 7) is 0. The first-order chi connectivity index (χ1) is 8.34. The van der Waals surface area contributed by atoms with Crippen LogP contribution in [0.5, 0.6) is 0 Å².